The summed E-state index contributed by atoms with van der Waals surface area (Å²) in [5.74, 6) is -1.27. The first-order valence-corrected chi connectivity index (χ1v) is 7.02. The fraction of sp³-hybridized carbons (Fsp3) is 0.467. The second-order valence-corrected chi connectivity index (χ2v) is 5.67. The predicted molar refractivity (Wildman–Crippen MR) is 74.6 cm³/mol. The van der Waals surface area contributed by atoms with Crippen molar-refractivity contribution in [3.8, 4) is 0 Å². The molecule has 3 rings (SSSR count). The van der Waals surface area contributed by atoms with Crippen LogP contribution >= 0.6 is 0 Å². The van der Waals surface area contributed by atoms with Crippen LogP contribution in [0, 0.1) is 0 Å². The van der Waals surface area contributed by atoms with Gasteiger partial charge in [0, 0.05) is 13.1 Å². The fourth-order valence-corrected chi connectivity index (χ4v) is 2.96. The molecule has 1 saturated heterocycles. The third kappa shape index (κ3) is 2.41. The molecule has 0 radical (unpaired) electrons. The van der Waals surface area contributed by atoms with Crippen molar-refractivity contribution in [1.29, 1.82) is 0 Å². The van der Waals surface area contributed by atoms with Crippen molar-refractivity contribution in [3.63, 3.8) is 0 Å². The highest BCUT2D eigenvalue weighted by Gasteiger charge is 2.45. The molecule has 1 aromatic rings. The number of carbonyl (C=O) groups is 2. The zero-order chi connectivity index (χ0) is 15.0. The van der Waals surface area contributed by atoms with Crippen LogP contribution in [0.4, 0.5) is 0 Å². The molecule has 6 heteroatoms. The molecule has 0 saturated carbocycles. The van der Waals surface area contributed by atoms with Gasteiger partial charge in [-0.1, -0.05) is 24.3 Å². The van der Waals surface area contributed by atoms with Crippen molar-refractivity contribution in [2.24, 2.45) is 5.73 Å². The third-order valence-electron chi connectivity index (χ3n) is 4.26. The molecule has 2 unspecified atom stereocenters. The van der Waals surface area contributed by atoms with Crippen molar-refractivity contribution < 1.29 is 19.4 Å². The number of hydrogen-bond acceptors (Lipinski definition) is 4. The standard InChI is InChI=1S/C15H18N2O4/c16-15(14(19)20)6-7-17(9-15)13(18)12-11-4-2-1-3-10(11)5-8-21-12/h1-4,12H,5-9,16H2,(H,19,20). The van der Waals surface area contributed by atoms with E-state index >= 15 is 0 Å². The summed E-state index contributed by atoms with van der Waals surface area (Å²) in [5.41, 5.74) is 6.46. The van der Waals surface area contributed by atoms with Crippen molar-refractivity contribution in [3.05, 3.63) is 35.4 Å². The lowest BCUT2D eigenvalue weighted by Crippen LogP contribution is -2.51. The number of ether oxygens (including phenoxy) is 1. The number of fused-ring (bicyclic) bond motifs is 1. The maximum Gasteiger partial charge on any atom is 0.325 e. The summed E-state index contributed by atoms with van der Waals surface area (Å²) in [4.78, 5) is 25.3. The Hall–Kier alpha value is -1.92. The van der Waals surface area contributed by atoms with Crippen LogP contribution in [0.1, 0.15) is 23.7 Å². The van der Waals surface area contributed by atoms with E-state index in [-0.39, 0.29) is 18.9 Å². The lowest BCUT2D eigenvalue weighted by molar-refractivity contribution is -0.146. The van der Waals surface area contributed by atoms with Crippen molar-refractivity contribution in [2.45, 2.75) is 24.5 Å². The Morgan fingerprint density at radius 2 is 2.14 bits per heavy atom. The number of carboxylic acids is 1. The number of carboxylic acid groups (broad SMARTS) is 1. The summed E-state index contributed by atoms with van der Waals surface area (Å²) < 4.78 is 5.63. The summed E-state index contributed by atoms with van der Waals surface area (Å²) >= 11 is 0. The molecule has 1 amide bonds. The SMILES string of the molecule is NC1(C(=O)O)CCN(C(=O)C2OCCc3ccccc32)C1. The minimum atomic E-state index is -1.34. The van der Waals surface area contributed by atoms with Crippen molar-refractivity contribution in [1.82, 2.24) is 4.90 Å². The second-order valence-electron chi connectivity index (χ2n) is 5.67. The van der Waals surface area contributed by atoms with Gasteiger partial charge >= 0.3 is 5.97 Å². The Balaban J connectivity index is 1.80. The van der Waals surface area contributed by atoms with E-state index in [1.165, 1.54) is 4.90 Å². The molecular formula is C15H18N2O4. The van der Waals surface area contributed by atoms with Crippen LogP contribution in [0.15, 0.2) is 24.3 Å². The number of nitrogens with zero attached hydrogens (tertiary/aromatic N) is 1. The number of likely N-dealkylation sites (tertiary alicyclic amines) is 1. The van der Waals surface area contributed by atoms with Gasteiger partial charge in [0.25, 0.3) is 5.91 Å². The number of carbonyl (C=O) groups excluding carboxylic acids is 1. The van der Waals surface area contributed by atoms with Gasteiger partial charge in [-0.25, -0.2) is 0 Å². The number of hydrogen-bond donors (Lipinski definition) is 2. The summed E-state index contributed by atoms with van der Waals surface area (Å²) in [6.07, 6.45) is 0.407. The summed E-state index contributed by atoms with van der Waals surface area (Å²) in [5, 5.41) is 9.15. The van der Waals surface area contributed by atoms with Gasteiger partial charge in [0.15, 0.2) is 6.10 Å². The topological polar surface area (TPSA) is 92.9 Å². The molecule has 0 aromatic heterocycles. The van der Waals surface area contributed by atoms with E-state index in [0.29, 0.717) is 13.2 Å². The third-order valence-corrected chi connectivity index (χ3v) is 4.26. The molecule has 0 aliphatic carbocycles. The zero-order valence-corrected chi connectivity index (χ0v) is 11.6. The fourth-order valence-electron chi connectivity index (χ4n) is 2.96. The van der Waals surface area contributed by atoms with Gasteiger partial charge in [0.2, 0.25) is 0 Å². The number of nitrogens with two attached hydrogens (primary N) is 1. The van der Waals surface area contributed by atoms with Gasteiger partial charge in [-0.2, -0.15) is 0 Å². The Labute approximate surface area is 122 Å². The Kier molecular flexibility index (Phi) is 3.43. The van der Waals surface area contributed by atoms with E-state index in [1.807, 2.05) is 24.3 Å². The molecule has 0 bridgehead atoms. The largest absolute Gasteiger partial charge is 0.480 e. The Bertz CT molecular complexity index is 589. The molecule has 1 fully saturated rings. The van der Waals surface area contributed by atoms with E-state index in [1.54, 1.807) is 0 Å². The Morgan fingerprint density at radius 3 is 2.86 bits per heavy atom. The first kappa shape index (κ1) is 14.0. The van der Waals surface area contributed by atoms with E-state index in [9.17, 15) is 9.59 Å². The molecule has 112 valence electrons. The number of amides is 1. The van der Waals surface area contributed by atoms with Crippen LogP contribution in [0.2, 0.25) is 0 Å². The normalized spacial score (nSPS) is 28.2. The monoisotopic (exact) mass is 290 g/mol. The Morgan fingerprint density at radius 1 is 1.38 bits per heavy atom. The van der Waals surface area contributed by atoms with Gasteiger partial charge in [-0.3, -0.25) is 9.59 Å². The van der Waals surface area contributed by atoms with Crippen molar-refractivity contribution in [2.75, 3.05) is 19.7 Å². The van der Waals surface area contributed by atoms with Gasteiger partial charge in [-0.05, 0) is 24.0 Å². The van der Waals surface area contributed by atoms with Gasteiger partial charge in [0.1, 0.15) is 5.54 Å². The molecule has 21 heavy (non-hydrogen) atoms. The molecule has 6 nitrogen and oxygen atoms in total. The number of benzene rings is 1. The van der Waals surface area contributed by atoms with E-state index in [2.05, 4.69) is 0 Å². The molecule has 2 heterocycles. The summed E-state index contributed by atoms with van der Waals surface area (Å²) in [7, 11) is 0. The predicted octanol–water partition coefficient (Wildman–Crippen LogP) is 0.315. The minimum Gasteiger partial charge on any atom is -0.480 e. The van der Waals surface area contributed by atoms with Crippen LogP contribution < -0.4 is 5.73 Å². The smallest absolute Gasteiger partial charge is 0.325 e. The molecule has 2 aliphatic heterocycles. The highest BCUT2D eigenvalue weighted by atomic mass is 16.5. The summed E-state index contributed by atoms with van der Waals surface area (Å²) in [6, 6.07) is 7.70. The first-order valence-electron chi connectivity index (χ1n) is 7.02. The minimum absolute atomic E-state index is 0.0309. The second kappa shape index (κ2) is 5.13. The maximum absolute atomic E-state index is 12.6. The van der Waals surface area contributed by atoms with Crippen LogP contribution in [0.3, 0.4) is 0 Å². The molecule has 0 spiro atoms. The average Bonchev–Trinajstić information content (AvgIpc) is 2.90. The molecule has 1 aromatic carbocycles. The van der Waals surface area contributed by atoms with E-state index in [4.69, 9.17) is 15.6 Å². The molecule has 2 atom stereocenters. The highest BCUT2D eigenvalue weighted by Crippen LogP contribution is 2.30. The lowest BCUT2D eigenvalue weighted by Gasteiger charge is -2.29. The average molecular weight is 290 g/mol. The number of rotatable bonds is 2. The quantitative estimate of drug-likeness (QED) is 0.818. The van der Waals surface area contributed by atoms with E-state index in [0.717, 1.165) is 17.5 Å². The highest BCUT2D eigenvalue weighted by molar-refractivity contribution is 5.86. The molecular weight excluding hydrogens is 272 g/mol. The molecule has 3 N–H and O–H groups in total. The lowest BCUT2D eigenvalue weighted by atomic mass is 9.97. The summed E-state index contributed by atoms with van der Waals surface area (Å²) in [6.45, 7) is 0.876. The van der Waals surface area contributed by atoms with Gasteiger partial charge in [0.05, 0.1) is 6.61 Å². The first-order chi connectivity index (χ1) is 10.0. The van der Waals surface area contributed by atoms with Crippen molar-refractivity contribution >= 4 is 11.9 Å². The van der Waals surface area contributed by atoms with E-state index < -0.39 is 17.6 Å². The number of aliphatic carboxylic acids is 1. The maximum atomic E-state index is 12.6. The van der Waals surface area contributed by atoms with Crippen LogP contribution in [-0.4, -0.2) is 47.1 Å². The van der Waals surface area contributed by atoms with Crippen LogP contribution in [-0.2, 0) is 20.7 Å². The van der Waals surface area contributed by atoms with Crippen LogP contribution in [0.25, 0.3) is 0 Å². The van der Waals surface area contributed by atoms with Gasteiger partial charge < -0.3 is 20.5 Å². The van der Waals surface area contributed by atoms with Gasteiger partial charge in [-0.15, -0.1) is 0 Å². The molecule has 2 aliphatic rings. The zero-order valence-electron chi connectivity index (χ0n) is 11.6. The van der Waals surface area contributed by atoms with Crippen LogP contribution in [0.5, 0.6) is 0 Å².